The predicted molar refractivity (Wildman–Crippen MR) is 75.3 cm³/mol. The molecule has 0 saturated heterocycles. The molecule has 0 aliphatic heterocycles. The number of thiazole rings is 1. The molecular weight excluding hydrogens is 291 g/mol. The number of aliphatic imine (C=N–C) groups is 1. The topological polar surface area (TPSA) is 52.6 Å². The quantitative estimate of drug-likeness (QED) is 0.643. The summed E-state index contributed by atoms with van der Waals surface area (Å²) >= 11 is 1.50. The molecule has 0 spiro atoms. The first-order chi connectivity index (χ1) is 9.31. The van der Waals surface area contributed by atoms with Crippen molar-refractivity contribution in [3.63, 3.8) is 0 Å². The van der Waals surface area contributed by atoms with Crippen LogP contribution in [0.2, 0.25) is 0 Å². The number of guanidine groups is 1. The molecule has 0 saturated carbocycles. The number of halogens is 3. The van der Waals surface area contributed by atoms with Crippen LogP contribution in [0.15, 0.2) is 10.4 Å². The van der Waals surface area contributed by atoms with Crippen molar-refractivity contribution in [2.45, 2.75) is 19.1 Å². The van der Waals surface area contributed by atoms with Crippen molar-refractivity contribution < 1.29 is 13.2 Å². The summed E-state index contributed by atoms with van der Waals surface area (Å²) in [7, 11) is 5.30. The van der Waals surface area contributed by atoms with Gasteiger partial charge in [-0.05, 0) is 0 Å². The molecule has 9 heteroatoms. The maximum Gasteiger partial charge on any atom is 0.390 e. The zero-order valence-electron chi connectivity index (χ0n) is 11.6. The fraction of sp³-hybridized carbons (Fsp3) is 0.636. The SMILES string of the molecule is CN=C(NCCC(F)(F)F)NCc1csc(N(C)C)n1. The molecule has 0 bridgehead atoms. The van der Waals surface area contributed by atoms with E-state index in [1.54, 1.807) is 0 Å². The summed E-state index contributed by atoms with van der Waals surface area (Å²) in [6.45, 7) is 0.208. The summed E-state index contributed by atoms with van der Waals surface area (Å²) in [6.07, 6.45) is -5.06. The number of alkyl halides is 3. The van der Waals surface area contributed by atoms with Gasteiger partial charge in [-0.1, -0.05) is 0 Å². The van der Waals surface area contributed by atoms with Gasteiger partial charge in [0.15, 0.2) is 11.1 Å². The molecule has 0 atom stereocenters. The van der Waals surface area contributed by atoms with Gasteiger partial charge in [0.05, 0.1) is 18.7 Å². The molecular formula is C11H18F3N5S. The van der Waals surface area contributed by atoms with Crippen molar-refractivity contribution in [3.8, 4) is 0 Å². The molecule has 0 amide bonds. The van der Waals surface area contributed by atoms with Gasteiger partial charge in [0.1, 0.15) is 0 Å². The number of nitrogens with one attached hydrogen (secondary N) is 2. The Kier molecular flexibility index (Phi) is 6.05. The summed E-state index contributed by atoms with van der Waals surface area (Å²) in [5, 5.41) is 8.30. The van der Waals surface area contributed by atoms with Gasteiger partial charge in [-0.25, -0.2) is 4.98 Å². The van der Waals surface area contributed by atoms with E-state index in [0.29, 0.717) is 12.5 Å². The maximum absolute atomic E-state index is 12.0. The fourth-order valence-corrected chi connectivity index (χ4v) is 2.06. The fourth-order valence-electron chi connectivity index (χ4n) is 1.30. The molecule has 0 aliphatic carbocycles. The predicted octanol–water partition coefficient (Wildman–Crippen LogP) is 1.83. The zero-order chi connectivity index (χ0) is 15.2. The third-order valence-electron chi connectivity index (χ3n) is 2.28. The van der Waals surface area contributed by atoms with E-state index in [0.717, 1.165) is 10.8 Å². The second-order valence-corrected chi connectivity index (χ2v) is 5.07. The van der Waals surface area contributed by atoms with Crippen molar-refractivity contribution >= 4 is 22.4 Å². The van der Waals surface area contributed by atoms with Crippen LogP contribution in [0.4, 0.5) is 18.3 Å². The van der Waals surface area contributed by atoms with Gasteiger partial charge in [-0.15, -0.1) is 11.3 Å². The Balaban J connectivity index is 2.37. The Morgan fingerprint density at radius 3 is 2.60 bits per heavy atom. The third kappa shape index (κ3) is 6.09. The van der Waals surface area contributed by atoms with Crippen molar-refractivity contribution in [2.24, 2.45) is 4.99 Å². The van der Waals surface area contributed by atoms with Crippen LogP contribution in [-0.4, -0.2) is 44.8 Å². The van der Waals surface area contributed by atoms with Gasteiger partial charge in [0.25, 0.3) is 0 Å². The standard InChI is InChI=1S/C11H18F3N5S/c1-15-9(16-5-4-11(12,13)14)17-6-8-7-20-10(18-8)19(2)3/h7H,4-6H2,1-3H3,(H2,15,16,17). The largest absolute Gasteiger partial charge is 0.390 e. The van der Waals surface area contributed by atoms with Crippen LogP contribution in [0.25, 0.3) is 0 Å². The van der Waals surface area contributed by atoms with Gasteiger partial charge in [0, 0.05) is 33.1 Å². The lowest BCUT2D eigenvalue weighted by atomic mass is 10.4. The Labute approximate surface area is 119 Å². The highest BCUT2D eigenvalue weighted by atomic mass is 32.1. The first-order valence-corrected chi connectivity index (χ1v) is 6.83. The van der Waals surface area contributed by atoms with Gasteiger partial charge in [-0.3, -0.25) is 4.99 Å². The van der Waals surface area contributed by atoms with Crippen LogP contribution in [-0.2, 0) is 6.54 Å². The first kappa shape index (κ1) is 16.5. The summed E-state index contributed by atoms with van der Waals surface area (Å²) in [4.78, 5) is 10.1. The Bertz CT molecular complexity index is 442. The number of nitrogens with zero attached hydrogens (tertiary/aromatic N) is 3. The molecule has 0 aromatic carbocycles. The van der Waals surface area contributed by atoms with E-state index < -0.39 is 12.6 Å². The van der Waals surface area contributed by atoms with Crippen LogP contribution in [0.3, 0.4) is 0 Å². The molecule has 0 radical (unpaired) electrons. The molecule has 114 valence electrons. The molecule has 5 nitrogen and oxygen atoms in total. The smallest absolute Gasteiger partial charge is 0.356 e. The highest BCUT2D eigenvalue weighted by Gasteiger charge is 2.26. The monoisotopic (exact) mass is 309 g/mol. The van der Waals surface area contributed by atoms with E-state index in [1.165, 1.54) is 18.4 Å². The highest BCUT2D eigenvalue weighted by Crippen LogP contribution is 2.18. The summed E-state index contributed by atoms with van der Waals surface area (Å²) < 4.78 is 36.1. The van der Waals surface area contributed by atoms with E-state index in [9.17, 15) is 13.2 Å². The number of hydrogen-bond acceptors (Lipinski definition) is 4. The molecule has 1 aromatic heterocycles. The van der Waals surface area contributed by atoms with Crippen molar-refractivity contribution in [1.29, 1.82) is 0 Å². The summed E-state index contributed by atoms with van der Waals surface area (Å²) in [6, 6.07) is 0. The average Bonchev–Trinajstić information content (AvgIpc) is 2.81. The van der Waals surface area contributed by atoms with Crippen molar-refractivity contribution in [2.75, 3.05) is 32.6 Å². The normalized spacial score (nSPS) is 12.4. The minimum absolute atomic E-state index is 0.205. The summed E-state index contributed by atoms with van der Waals surface area (Å²) in [5.41, 5.74) is 0.817. The number of aromatic nitrogens is 1. The second kappa shape index (κ2) is 7.32. The molecule has 1 aromatic rings. The minimum Gasteiger partial charge on any atom is -0.356 e. The molecule has 0 aliphatic rings. The van der Waals surface area contributed by atoms with Crippen molar-refractivity contribution in [3.05, 3.63) is 11.1 Å². The number of hydrogen-bond donors (Lipinski definition) is 2. The molecule has 0 unspecified atom stereocenters. The highest BCUT2D eigenvalue weighted by molar-refractivity contribution is 7.13. The van der Waals surface area contributed by atoms with Gasteiger partial charge in [-0.2, -0.15) is 13.2 Å². The van der Waals surface area contributed by atoms with Crippen molar-refractivity contribution in [1.82, 2.24) is 15.6 Å². The molecule has 2 N–H and O–H groups in total. The first-order valence-electron chi connectivity index (χ1n) is 5.95. The van der Waals surface area contributed by atoms with Crippen LogP contribution in [0.1, 0.15) is 12.1 Å². The van der Waals surface area contributed by atoms with E-state index in [-0.39, 0.29) is 6.54 Å². The molecule has 20 heavy (non-hydrogen) atoms. The third-order valence-corrected chi connectivity index (χ3v) is 3.34. The molecule has 0 fully saturated rings. The molecule has 1 rings (SSSR count). The van der Waals surface area contributed by atoms with E-state index in [2.05, 4.69) is 20.6 Å². The van der Waals surface area contributed by atoms with Gasteiger partial charge < -0.3 is 15.5 Å². The lowest BCUT2D eigenvalue weighted by Crippen LogP contribution is -2.38. The second-order valence-electron chi connectivity index (χ2n) is 4.23. The lowest BCUT2D eigenvalue weighted by molar-refractivity contribution is -0.132. The molecule has 1 heterocycles. The number of anilines is 1. The van der Waals surface area contributed by atoms with Gasteiger partial charge in [0.2, 0.25) is 0 Å². The van der Waals surface area contributed by atoms with Gasteiger partial charge >= 0.3 is 6.18 Å². The van der Waals surface area contributed by atoms with E-state index in [4.69, 9.17) is 0 Å². The van der Waals surface area contributed by atoms with Crippen LogP contribution >= 0.6 is 11.3 Å². The summed E-state index contributed by atoms with van der Waals surface area (Å²) in [5.74, 6) is 0.327. The maximum atomic E-state index is 12.0. The Morgan fingerprint density at radius 1 is 1.40 bits per heavy atom. The zero-order valence-corrected chi connectivity index (χ0v) is 12.4. The average molecular weight is 309 g/mol. The Hall–Kier alpha value is -1.51. The van der Waals surface area contributed by atoms with Crippen LogP contribution in [0, 0.1) is 0 Å². The van der Waals surface area contributed by atoms with Crippen LogP contribution < -0.4 is 15.5 Å². The van der Waals surface area contributed by atoms with E-state index in [1.807, 2.05) is 24.4 Å². The van der Waals surface area contributed by atoms with E-state index >= 15 is 0 Å². The van der Waals surface area contributed by atoms with Crippen LogP contribution in [0.5, 0.6) is 0 Å². The lowest BCUT2D eigenvalue weighted by Gasteiger charge is -2.12. The Morgan fingerprint density at radius 2 is 2.10 bits per heavy atom. The minimum atomic E-state index is -4.17. The number of rotatable bonds is 5.